The number of rotatable bonds is 5. The molecule has 1 aromatic rings. The SMILES string of the molecule is CC=CCOCc1cc(Br)ccc1OC. The van der Waals surface area contributed by atoms with Crippen LogP contribution >= 0.6 is 15.9 Å². The minimum absolute atomic E-state index is 0.562. The summed E-state index contributed by atoms with van der Waals surface area (Å²) < 4.78 is 11.7. The van der Waals surface area contributed by atoms with Crippen molar-refractivity contribution in [1.29, 1.82) is 0 Å². The summed E-state index contributed by atoms with van der Waals surface area (Å²) in [4.78, 5) is 0. The Hall–Kier alpha value is -0.800. The van der Waals surface area contributed by atoms with Crippen LogP contribution in [-0.4, -0.2) is 13.7 Å². The molecule has 3 heteroatoms. The van der Waals surface area contributed by atoms with Crippen LogP contribution in [-0.2, 0) is 11.3 Å². The number of hydrogen-bond donors (Lipinski definition) is 0. The third-order valence-electron chi connectivity index (χ3n) is 1.95. The van der Waals surface area contributed by atoms with Gasteiger partial charge in [-0.1, -0.05) is 28.1 Å². The van der Waals surface area contributed by atoms with Crippen molar-refractivity contribution in [1.82, 2.24) is 0 Å². The molecule has 1 rings (SSSR count). The quantitative estimate of drug-likeness (QED) is 0.602. The molecule has 0 aliphatic heterocycles. The van der Waals surface area contributed by atoms with Gasteiger partial charge in [-0.15, -0.1) is 0 Å². The predicted octanol–water partition coefficient (Wildman–Crippen LogP) is 3.55. The molecule has 0 saturated carbocycles. The van der Waals surface area contributed by atoms with E-state index in [-0.39, 0.29) is 0 Å². The molecule has 15 heavy (non-hydrogen) atoms. The van der Waals surface area contributed by atoms with E-state index in [0.717, 1.165) is 15.8 Å². The summed E-state index contributed by atoms with van der Waals surface area (Å²) in [5.41, 5.74) is 1.05. The second-order valence-electron chi connectivity index (χ2n) is 3.04. The smallest absolute Gasteiger partial charge is 0.124 e. The summed E-state index contributed by atoms with van der Waals surface area (Å²) >= 11 is 3.42. The van der Waals surface area contributed by atoms with Gasteiger partial charge in [0.25, 0.3) is 0 Å². The number of benzene rings is 1. The van der Waals surface area contributed by atoms with Gasteiger partial charge in [-0.05, 0) is 25.1 Å². The van der Waals surface area contributed by atoms with Crippen molar-refractivity contribution in [2.45, 2.75) is 13.5 Å². The average Bonchev–Trinajstić information content (AvgIpc) is 2.25. The van der Waals surface area contributed by atoms with Gasteiger partial charge in [0.15, 0.2) is 0 Å². The molecule has 82 valence electrons. The molecule has 1 aromatic carbocycles. The first kappa shape index (κ1) is 12.3. The minimum atomic E-state index is 0.562. The van der Waals surface area contributed by atoms with E-state index in [9.17, 15) is 0 Å². The molecule has 0 atom stereocenters. The molecule has 0 bridgehead atoms. The summed E-state index contributed by atoms with van der Waals surface area (Å²) in [7, 11) is 1.67. The first-order valence-electron chi connectivity index (χ1n) is 4.79. The van der Waals surface area contributed by atoms with Crippen molar-refractivity contribution >= 4 is 15.9 Å². The fourth-order valence-corrected chi connectivity index (χ4v) is 1.60. The van der Waals surface area contributed by atoms with Gasteiger partial charge < -0.3 is 9.47 Å². The molecule has 0 N–H and O–H groups in total. The third-order valence-corrected chi connectivity index (χ3v) is 2.44. The maximum Gasteiger partial charge on any atom is 0.124 e. The van der Waals surface area contributed by atoms with Crippen LogP contribution in [0.15, 0.2) is 34.8 Å². The zero-order chi connectivity index (χ0) is 11.1. The van der Waals surface area contributed by atoms with Crippen molar-refractivity contribution in [3.05, 3.63) is 40.4 Å². The molecule has 0 aliphatic carbocycles. The van der Waals surface area contributed by atoms with Crippen LogP contribution < -0.4 is 4.74 Å². The Labute approximate surface area is 99.0 Å². The van der Waals surface area contributed by atoms with E-state index in [2.05, 4.69) is 15.9 Å². The first-order chi connectivity index (χ1) is 7.27. The number of ether oxygens (including phenoxy) is 2. The van der Waals surface area contributed by atoms with Crippen molar-refractivity contribution in [2.75, 3.05) is 13.7 Å². The molecular weight excluding hydrogens is 256 g/mol. The lowest BCUT2D eigenvalue weighted by atomic mass is 10.2. The van der Waals surface area contributed by atoms with E-state index >= 15 is 0 Å². The molecular formula is C12H15BrO2. The number of allylic oxidation sites excluding steroid dienone is 1. The van der Waals surface area contributed by atoms with Crippen LogP contribution in [0.5, 0.6) is 5.75 Å². The van der Waals surface area contributed by atoms with Crippen molar-refractivity contribution in [3.63, 3.8) is 0 Å². The molecule has 0 amide bonds. The fraction of sp³-hybridized carbons (Fsp3) is 0.333. The lowest BCUT2D eigenvalue weighted by Gasteiger charge is -2.08. The Kier molecular flexibility index (Phi) is 5.43. The van der Waals surface area contributed by atoms with Crippen molar-refractivity contribution in [3.8, 4) is 5.75 Å². The maximum absolute atomic E-state index is 5.47. The maximum atomic E-state index is 5.47. The first-order valence-corrected chi connectivity index (χ1v) is 5.58. The Balaban J connectivity index is 2.61. The van der Waals surface area contributed by atoms with E-state index in [1.165, 1.54) is 0 Å². The summed E-state index contributed by atoms with van der Waals surface area (Å²) in [5.74, 6) is 0.860. The number of methoxy groups -OCH3 is 1. The Bertz CT molecular complexity index is 334. The summed E-state index contributed by atoms with van der Waals surface area (Å²) in [6.07, 6.45) is 3.95. The molecule has 2 nitrogen and oxygen atoms in total. The third kappa shape index (κ3) is 4.06. The highest BCUT2D eigenvalue weighted by atomic mass is 79.9. The second kappa shape index (κ2) is 6.64. The topological polar surface area (TPSA) is 18.5 Å². The Morgan fingerprint density at radius 2 is 2.20 bits per heavy atom. The molecule has 0 fully saturated rings. The molecule has 0 aliphatic rings. The molecule has 0 radical (unpaired) electrons. The number of halogens is 1. The predicted molar refractivity (Wildman–Crippen MR) is 65.2 cm³/mol. The van der Waals surface area contributed by atoms with Crippen LogP contribution in [0.25, 0.3) is 0 Å². The zero-order valence-electron chi connectivity index (χ0n) is 9.00. The molecule has 0 saturated heterocycles. The van der Waals surface area contributed by atoms with E-state index in [0.29, 0.717) is 13.2 Å². The standard InChI is InChI=1S/C12H15BrO2/c1-3-4-7-15-9-10-8-11(13)5-6-12(10)14-2/h3-6,8H,7,9H2,1-2H3. The largest absolute Gasteiger partial charge is 0.496 e. The monoisotopic (exact) mass is 270 g/mol. The van der Waals surface area contributed by atoms with Gasteiger partial charge in [-0.2, -0.15) is 0 Å². The van der Waals surface area contributed by atoms with Gasteiger partial charge in [0.2, 0.25) is 0 Å². The lowest BCUT2D eigenvalue weighted by molar-refractivity contribution is 0.146. The van der Waals surface area contributed by atoms with Gasteiger partial charge in [-0.25, -0.2) is 0 Å². The molecule has 0 unspecified atom stereocenters. The highest BCUT2D eigenvalue weighted by Crippen LogP contribution is 2.23. The zero-order valence-corrected chi connectivity index (χ0v) is 10.6. The molecule has 0 spiro atoms. The normalized spacial score (nSPS) is 10.9. The summed E-state index contributed by atoms with van der Waals surface area (Å²) in [6.45, 7) is 3.17. The van der Waals surface area contributed by atoms with E-state index in [1.807, 2.05) is 37.3 Å². The van der Waals surface area contributed by atoms with Crippen LogP contribution in [0.3, 0.4) is 0 Å². The second-order valence-corrected chi connectivity index (χ2v) is 3.96. The van der Waals surface area contributed by atoms with E-state index < -0.39 is 0 Å². The van der Waals surface area contributed by atoms with Crippen LogP contribution in [0.4, 0.5) is 0 Å². The lowest BCUT2D eigenvalue weighted by Crippen LogP contribution is -1.96. The van der Waals surface area contributed by atoms with Crippen LogP contribution in [0.1, 0.15) is 12.5 Å². The molecule has 0 heterocycles. The fourth-order valence-electron chi connectivity index (χ4n) is 1.19. The van der Waals surface area contributed by atoms with Crippen LogP contribution in [0.2, 0.25) is 0 Å². The van der Waals surface area contributed by atoms with Gasteiger partial charge >= 0.3 is 0 Å². The van der Waals surface area contributed by atoms with Crippen molar-refractivity contribution in [2.24, 2.45) is 0 Å². The summed E-state index contributed by atoms with van der Waals surface area (Å²) in [5, 5.41) is 0. The Morgan fingerprint density at radius 3 is 2.87 bits per heavy atom. The van der Waals surface area contributed by atoms with Gasteiger partial charge in [-0.3, -0.25) is 0 Å². The minimum Gasteiger partial charge on any atom is -0.496 e. The highest BCUT2D eigenvalue weighted by molar-refractivity contribution is 9.10. The Morgan fingerprint density at radius 1 is 1.40 bits per heavy atom. The molecule has 0 aromatic heterocycles. The van der Waals surface area contributed by atoms with Gasteiger partial charge in [0.05, 0.1) is 20.3 Å². The average molecular weight is 271 g/mol. The summed E-state index contributed by atoms with van der Waals surface area (Å²) in [6, 6.07) is 5.89. The van der Waals surface area contributed by atoms with Gasteiger partial charge in [0, 0.05) is 10.0 Å². The number of hydrogen-bond acceptors (Lipinski definition) is 2. The van der Waals surface area contributed by atoms with Gasteiger partial charge in [0.1, 0.15) is 5.75 Å². The van der Waals surface area contributed by atoms with Crippen LogP contribution in [0, 0.1) is 0 Å². The van der Waals surface area contributed by atoms with E-state index in [1.54, 1.807) is 7.11 Å². The highest BCUT2D eigenvalue weighted by Gasteiger charge is 2.02. The van der Waals surface area contributed by atoms with E-state index in [4.69, 9.17) is 9.47 Å². The van der Waals surface area contributed by atoms with Crippen molar-refractivity contribution < 1.29 is 9.47 Å².